The summed E-state index contributed by atoms with van der Waals surface area (Å²) in [5.74, 6) is 7.02. The third kappa shape index (κ3) is 3.35. The zero-order valence-electron chi connectivity index (χ0n) is 10.7. The van der Waals surface area contributed by atoms with Crippen molar-refractivity contribution >= 4 is 5.96 Å². The van der Waals surface area contributed by atoms with Crippen LogP contribution in [0.4, 0.5) is 0 Å². The number of likely N-dealkylation sites (tertiary alicyclic amines) is 1. The van der Waals surface area contributed by atoms with Crippen molar-refractivity contribution < 1.29 is 4.74 Å². The molecule has 3 atom stereocenters. The number of hydrogen-bond acceptors (Lipinski definition) is 3. The first-order valence-electron chi connectivity index (χ1n) is 5.88. The van der Waals surface area contributed by atoms with E-state index in [1.54, 1.807) is 7.11 Å². The molecule has 0 saturated carbocycles. The van der Waals surface area contributed by atoms with E-state index in [0.29, 0.717) is 18.6 Å². The van der Waals surface area contributed by atoms with Gasteiger partial charge in [-0.15, -0.1) is 0 Å². The van der Waals surface area contributed by atoms with Gasteiger partial charge in [0.2, 0.25) is 5.96 Å². The SMILES string of the molecule is COCC(C)N=C(NN)N1CC(C)CC1C. The molecule has 0 aliphatic carbocycles. The van der Waals surface area contributed by atoms with Gasteiger partial charge >= 0.3 is 0 Å². The molecule has 1 heterocycles. The molecule has 1 aliphatic heterocycles. The van der Waals surface area contributed by atoms with Crippen LogP contribution in [-0.4, -0.2) is 43.2 Å². The number of nitrogens with two attached hydrogens (primary N) is 1. The number of guanidine groups is 1. The van der Waals surface area contributed by atoms with E-state index in [0.717, 1.165) is 12.5 Å². The lowest BCUT2D eigenvalue weighted by Crippen LogP contribution is -2.47. The minimum Gasteiger partial charge on any atom is -0.382 e. The number of ether oxygens (including phenoxy) is 1. The van der Waals surface area contributed by atoms with Crippen LogP contribution in [0.15, 0.2) is 4.99 Å². The van der Waals surface area contributed by atoms with Gasteiger partial charge < -0.3 is 9.64 Å². The predicted octanol–water partition coefficient (Wildman–Crippen LogP) is 0.571. The van der Waals surface area contributed by atoms with Gasteiger partial charge in [0.25, 0.3) is 0 Å². The van der Waals surface area contributed by atoms with Crippen molar-refractivity contribution in [3.05, 3.63) is 0 Å². The molecule has 1 aliphatic rings. The maximum absolute atomic E-state index is 5.54. The fourth-order valence-electron chi connectivity index (χ4n) is 2.28. The molecule has 94 valence electrons. The minimum absolute atomic E-state index is 0.124. The summed E-state index contributed by atoms with van der Waals surface area (Å²) in [5.41, 5.74) is 2.70. The predicted molar refractivity (Wildman–Crippen MR) is 66.0 cm³/mol. The Balaban J connectivity index is 2.66. The molecule has 0 aromatic rings. The summed E-state index contributed by atoms with van der Waals surface area (Å²) < 4.78 is 5.07. The normalized spacial score (nSPS) is 28.3. The Kier molecular flexibility index (Phi) is 5.02. The topological polar surface area (TPSA) is 62.9 Å². The van der Waals surface area contributed by atoms with Crippen LogP contribution in [0.25, 0.3) is 0 Å². The summed E-state index contributed by atoms with van der Waals surface area (Å²) >= 11 is 0. The van der Waals surface area contributed by atoms with Crippen LogP contribution in [-0.2, 0) is 4.74 Å². The van der Waals surface area contributed by atoms with Crippen molar-refractivity contribution in [2.24, 2.45) is 16.8 Å². The Labute approximate surface area is 98.0 Å². The molecule has 0 aromatic carbocycles. The van der Waals surface area contributed by atoms with Crippen molar-refractivity contribution in [3.8, 4) is 0 Å². The highest BCUT2D eigenvalue weighted by Gasteiger charge is 2.28. The largest absolute Gasteiger partial charge is 0.382 e. The Morgan fingerprint density at radius 1 is 1.62 bits per heavy atom. The minimum atomic E-state index is 0.124. The third-order valence-corrected chi connectivity index (χ3v) is 2.94. The summed E-state index contributed by atoms with van der Waals surface area (Å²) in [6.07, 6.45) is 1.19. The van der Waals surface area contributed by atoms with E-state index < -0.39 is 0 Å². The van der Waals surface area contributed by atoms with E-state index >= 15 is 0 Å². The molecule has 0 amide bonds. The van der Waals surface area contributed by atoms with Crippen molar-refractivity contribution in [2.45, 2.75) is 39.3 Å². The Bertz CT molecular complexity index is 244. The van der Waals surface area contributed by atoms with Crippen LogP contribution < -0.4 is 11.3 Å². The second kappa shape index (κ2) is 6.06. The number of rotatable bonds is 3. The number of methoxy groups -OCH3 is 1. The molecule has 5 heteroatoms. The van der Waals surface area contributed by atoms with E-state index in [9.17, 15) is 0 Å². The van der Waals surface area contributed by atoms with Gasteiger partial charge in [-0.2, -0.15) is 0 Å². The van der Waals surface area contributed by atoms with Gasteiger partial charge in [-0.25, -0.2) is 10.8 Å². The highest BCUT2D eigenvalue weighted by molar-refractivity contribution is 5.80. The molecule has 0 spiro atoms. The van der Waals surface area contributed by atoms with Crippen molar-refractivity contribution in [2.75, 3.05) is 20.3 Å². The fourth-order valence-corrected chi connectivity index (χ4v) is 2.28. The van der Waals surface area contributed by atoms with Gasteiger partial charge in [0.15, 0.2) is 0 Å². The van der Waals surface area contributed by atoms with Crippen molar-refractivity contribution in [3.63, 3.8) is 0 Å². The lowest BCUT2D eigenvalue weighted by atomic mass is 10.1. The maximum atomic E-state index is 5.54. The molecule has 0 radical (unpaired) electrons. The molecule has 3 unspecified atom stereocenters. The highest BCUT2D eigenvalue weighted by atomic mass is 16.5. The molecular formula is C11H24N4O. The lowest BCUT2D eigenvalue weighted by molar-refractivity contribution is 0.185. The summed E-state index contributed by atoms with van der Waals surface area (Å²) in [6.45, 7) is 8.11. The second-order valence-electron chi connectivity index (χ2n) is 4.74. The Morgan fingerprint density at radius 2 is 2.31 bits per heavy atom. The highest BCUT2D eigenvalue weighted by Crippen LogP contribution is 2.22. The smallest absolute Gasteiger partial charge is 0.208 e. The third-order valence-electron chi connectivity index (χ3n) is 2.94. The quantitative estimate of drug-likeness (QED) is 0.321. The monoisotopic (exact) mass is 228 g/mol. The zero-order valence-corrected chi connectivity index (χ0v) is 10.7. The molecule has 1 fully saturated rings. The van der Waals surface area contributed by atoms with Crippen LogP contribution in [0.1, 0.15) is 27.2 Å². The number of nitrogens with one attached hydrogen (secondary N) is 1. The Hall–Kier alpha value is -0.810. The number of hydrogen-bond donors (Lipinski definition) is 2. The van der Waals surface area contributed by atoms with E-state index in [2.05, 4.69) is 29.2 Å². The maximum Gasteiger partial charge on any atom is 0.208 e. The van der Waals surface area contributed by atoms with E-state index in [-0.39, 0.29) is 6.04 Å². The van der Waals surface area contributed by atoms with E-state index in [1.807, 2.05) is 6.92 Å². The second-order valence-corrected chi connectivity index (χ2v) is 4.74. The summed E-state index contributed by atoms with van der Waals surface area (Å²) in [6, 6.07) is 0.624. The van der Waals surface area contributed by atoms with Crippen LogP contribution in [0, 0.1) is 5.92 Å². The molecule has 1 rings (SSSR count). The first-order chi connectivity index (χ1) is 7.58. The fraction of sp³-hybridized carbons (Fsp3) is 0.909. The van der Waals surface area contributed by atoms with Crippen molar-refractivity contribution in [1.82, 2.24) is 10.3 Å². The van der Waals surface area contributed by atoms with Gasteiger partial charge in [0.05, 0.1) is 12.6 Å². The van der Waals surface area contributed by atoms with Gasteiger partial charge in [0.1, 0.15) is 0 Å². The lowest BCUT2D eigenvalue weighted by Gasteiger charge is -2.25. The van der Waals surface area contributed by atoms with Crippen LogP contribution in [0.5, 0.6) is 0 Å². The zero-order chi connectivity index (χ0) is 12.1. The van der Waals surface area contributed by atoms with Crippen molar-refractivity contribution in [1.29, 1.82) is 0 Å². The summed E-state index contributed by atoms with van der Waals surface area (Å²) in [4.78, 5) is 6.77. The Morgan fingerprint density at radius 3 is 2.75 bits per heavy atom. The van der Waals surface area contributed by atoms with Gasteiger partial charge in [-0.05, 0) is 26.2 Å². The molecule has 0 aromatic heterocycles. The number of hydrazine groups is 1. The average molecular weight is 228 g/mol. The molecule has 0 bridgehead atoms. The van der Waals surface area contributed by atoms with Crippen LogP contribution in [0.3, 0.4) is 0 Å². The molecular weight excluding hydrogens is 204 g/mol. The van der Waals surface area contributed by atoms with Crippen LogP contribution >= 0.6 is 0 Å². The molecule has 16 heavy (non-hydrogen) atoms. The average Bonchev–Trinajstić information content (AvgIpc) is 2.55. The van der Waals surface area contributed by atoms with Gasteiger partial charge in [-0.3, -0.25) is 5.43 Å². The van der Waals surface area contributed by atoms with Gasteiger partial charge in [0, 0.05) is 19.7 Å². The summed E-state index contributed by atoms with van der Waals surface area (Å²) in [7, 11) is 1.68. The first-order valence-corrected chi connectivity index (χ1v) is 5.88. The standard InChI is InChI=1S/C11H24N4O/c1-8-5-10(3)15(6-8)11(14-12)13-9(2)7-16-4/h8-10H,5-7,12H2,1-4H3,(H,13,14). The molecule has 3 N–H and O–H groups in total. The summed E-state index contributed by atoms with van der Waals surface area (Å²) in [5, 5.41) is 0. The van der Waals surface area contributed by atoms with Crippen LogP contribution in [0.2, 0.25) is 0 Å². The van der Waals surface area contributed by atoms with Gasteiger partial charge in [-0.1, -0.05) is 6.92 Å². The number of nitrogens with zero attached hydrogens (tertiary/aromatic N) is 2. The first kappa shape index (κ1) is 13.3. The molecule has 1 saturated heterocycles. The number of aliphatic imine (C=N–C) groups is 1. The molecule has 5 nitrogen and oxygen atoms in total. The van der Waals surface area contributed by atoms with E-state index in [4.69, 9.17) is 10.6 Å². The van der Waals surface area contributed by atoms with E-state index in [1.165, 1.54) is 6.42 Å².